The van der Waals surface area contributed by atoms with Crippen molar-refractivity contribution in [2.75, 3.05) is 5.32 Å². The van der Waals surface area contributed by atoms with Crippen molar-refractivity contribution in [3.05, 3.63) is 45.6 Å². The van der Waals surface area contributed by atoms with E-state index in [-0.39, 0.29) is 11.7 Å². The summed E-state index contributed by atoms with van der Waals surface area (Å²) in [7, 11) is 0. The summed E-state index contributed by atoms with van der Waals surface area (Å²) in [4.78, 5) is 13.7. The van der Waals surface area contributed by atoms with E-state index in [1.54, 1.807) is 17.4 Å². The van der Waals surface area contributed by atoms with Gasteiger partial charge in [-0.1, -0.05) is 31.4 Å². The first-order valence-corrected chi connectivity index (χ1v) is 8.71. The predicted molar refractivity (Wildman–Crippen MR) is 90.9 cm³/mol. The lowest BCUT2D eigenvalue weighted by Gasteiger charge is -2.19. The van der Waals surface area contributed by atoms with E-state index in [1.165, 1.54) is 37.0 Å². The third-order valence-corrected chi connectivity index (χ3v) is 5.47. The van der Waals surface area contributed by atoms with E-state index in [4.69, 9.17) is 0 Å². The van der Waals surface area contributed by atoms with Crippen LogP contribution < -0.4 is 5.32 Å². The number of amides is 1. The minimum Gasteiger partial charge on any atom is -0.505 e. The summed E-state index contributed by atoms with van der Waals surface area (Å²) in [5.41, 5.74) is 1.91. The molecule has 1 heterocycles. The van der Waals surface area contributed by atoms with Gasteiger partial charge >= 0.3 is 0 Å². The number of phenols is 1. The van der Waals surface area contributed by atoms with Crippen LogP contribution in [0, 0.1) is 6.92 Å². The molecule has 0 spiro atoms. The topological polar surface area (TPSA) is 49.3 Å². The summed E-state index contributed by atoms with van der Waals surface area (Å²) in [5.74, 6) is 0.602. The highest BCUT2D eigenvalue weighted by atomic mass is 32.1. The lowest BCUT2D eigenvalue weighted by atomic mass is 9.88. The molecule has 0 bridgehead atoms. The highest BCUT2D eigenvalue weighted by Gasteiger charge is 2.19. The van der Waals surface area contributed by atoms with Gasteiger partial charge in [0.1, 0.15) is 5.75 Å². The molecule has 2 aromatic rings. The number of hydrogen-bond donors (Lipinski definition) is 2. The predicted octanol–water partition coefficient (Wildman–Crippen LogP) is 5.06. The smallest absolute Gasteiger partial charge is 0.256 e. The molecule has 3 rings (SSSR count). The second-order valence-corrected chi connectivity index (χ2v) is 6.94. The molecule has 4 heteroatoms. The highest BCUT2D eigenvalue weighted by Crippen LogP contribution is 2.36. The van der Waals surface area contributed by atoms with E-state index in [1.807, 2.05) is 30.5 Å². The SMILES string of the molecule is Cc1cccc(NC(=O)c2csc(C3CCCCC3)c2)c1O. The zero-order valence-corrected chi connectivity index (χ0v) is 13.6. The standard InChI is InChI=1S/C18H21NO2S/c1-12-6-5-9-15(17(12)20)19-18(21)14-10-16(22-11-14)13-7-3-2-4-8-13/h5-6,9-11,13,20H,2-4,7-8H2,1H3,(H,19,21). The van der Waals surface area contributed by atoms with Gasteiger partial charge in [0.25, 0.3) is 5.91 Å². The number of carbonyl (C=O) groups is 1. The Bertz CT molecular complexity index is 671. The third kappa shape index (κ3) is 3.17. The van der Waals surface area contributed by atoms with Gasteiger partial charge in [-0.2, -0.15) is 0 Å². The summed E-state index contributed by atoms with van der Waals surface area (Å²) in [6.07, 6.45) is 6.39. The van der Waals surface area contributed by atoms with Crippen LogP contribution in [0.1, 0.15) is 58.8 Å². The Labute approximate surface area is 135 Å². The molecule has 0 aliphatic heterocycles. The number of aromatic hydroxyl groups is 1. The fraction of sp³-hybridized carbons (Fsp3) is 0.389. The summed E-state index contributed by atoms with van der Waals surface area (Å²) in [6.45, 7) is 1.82. The number of nitrogens with one attached hydrogen (secondary N) is 1. The normalized spacial score (nSPS) is 15.7. The quantitative estimate of drug-likeness (QED) is 0.778. The summed E-state index contributed by atoms with van der Waals surface area (Å²) < 4.78 is 0. The molecular weight excluding hydrogens is 294 g/mol. The molecule has 0 atom stereocenters. The van der Waals surface area contributed by atoms with Crippen molar-refractivity contribution in [1.29, 1.82) is 0 Å². The molecule has 1 aliphatic carbocycles. The Hall–Kier alpha value is -1.81. The molecular formula is C18H21NO2S. The lowest BCUT2D eigenvalue weighted by Crippen LogP contribution is -2.11. The third-order valence-electron chi connectivity index (χ3n) is 4.38. The maximum Gasteiger partial charge on any atom is 0.256 e. The van der Waals surface area contributed by atoms with Crippen molar-refractivity contribution < 1.29 is 9.90 Å². The fourth-order valence-electron chi connectivity index (χ4n) is 3.03. The molecule has 1 aliphatic rings. The molecule has 2 N–H and O–H groups in total. The van der Waals surface area contributed by atoms with Crippen molar-refractivity contribution in [2.24, 2.45) is 0 Å². The summed E-state index contributed by atoms with van der Waals surface area (Å²) in [6, 6.07) is 7.37. The molecule has 1 aromatic heterocycles. The van der Waals surface area contributed by atoms with Crippen molar-refractivity contribution in [3.8, 4) is 5.75 Å². The Morgan fingerprint density at radius 3 is 2.82 bits per heavy atom. The number of aryl methyl sites for hydroxylation is 1. The maximum atomic E-state index is 12.4. The van der Waals surface area contributed by atoms with Crippen molar-refractivity contribution in [2.45, 2.75) is 44.9 Å². The van der Waals surface area contributed by atoms with Crippen LogP contribution in [0.25, 0.3) is 0 Å². The molecule has 0 radical (unpaired) electrons. The number of anilines is 1. The fourth-order valence-corrected chi connectivity index (χ4v) is 4.09. The average Bonchev–Trinajstić information content (AvgIpc) is 3.03. The van der Waals surface area contributed by atoms with Crippen LogP contribution in [0.5, 0.6) is 5.75 Å². The highest BCUT2D eigenvalue weighted by molar-refractivity contribution is 7.10. The molecule has 0 unspecified atom stereocenters. The Morgan fingerprint density at radius 2 is 2.05 bits per heavy atom. The van der Waals surface area contributed by atoms with Crippen molar-refractivity contribution in [3.63, 3.8) is 0 Å². The number of benzene rings is 1. The zero-order chi connectivity index (χ0) is 15.5. The van der Waals surface area contributed by atoms with Gasteiger partial charge in [0, 0.05) is 10.3 Å². The van der Waals surface area contributed by atoms with Crippen LogP contribution in [0.2, 0.25) is 0 Å². The van der Waals surface area contributed by atoms with Gasteiger partial charge in [0.2, 0.25) is 0 Å². The number of para-hydroxylation sites is 1. The molecule has 1 saturated carbocycles. The summed E-state index contributed by atoms with van der Waals surface area (Å²) in [5, 5.41) is 14.7. The van der Waals surface area contributed by atoms with Gasteiger partial charge in [-0.25, -0.2) is 0 Å². The Morgan fingerprint density at radius 1 is 1.27 bits per heavy atom. The monoisotopic (exact) mass is 315 g/mol. The van der Waals surface area contributed by atoms with Crippen LogP contribution in [-0.2, 0) is 0 Å². The van der Waals surface area contributed by atoms with Gasteiger partial charge in [-0.3, -0.25) is 4.79 Å². The van der Waals surface area contributed by atoms with E-state index < -0.39 is 0 Å². The van der Waals surface area contributed by atoms with Crippen LogP contribution in [0.3, 0.4) is 0 Å². The number of carbonyl (C=O) groups excluding carboxylic acids is 1. The minimum atomic E-state index is -0.154. The van der Waals surface area contributed by atoms with Crippen LogP contribution in [-0.4, -0.2) is 11.0 Å². The first-order chi connectivity index (χ1) is 10.6. The molecule has 116 valence electrons. The Balaban J connectivity index is 1.72. The first kappa shape index (κ1) is 15.1. The number of hydrogen-bond acceptors (Lipinski definition) is 3. The van der Waals surface area contributed by atoms with Crippen LogP contribution in [0.4, 0.5) is 5.69 Å². The van der Waals surface area contributed by atoms with Crippen LogP contribution >= 0.6 is 11.3 Å². The maximum absolute atomic E-state index is 12.4. The minimum absolute atomic E-state index is 0.138. The Kier molecular flexibility index (Phi) is 4.48. The van der Waals surface area contributed by atoms with Gasteiger partial charge < -0.3 is 10.4 Å². The van der Waals surface area contributed by atoms with Gasteiger partial charge in [0.15, 0.2) is 0 Å². The molecule has 1 amide bonds. The number of thiophene rings is 1. The first-order valence-electron chi connectivity index (χ1n) is 7.83. The summed E-state index contributed by atoms with van der Waals surface area (Å²) >= 11 is 1.68. The van der Waals surface area contributed by atoms with Crippen molar-refractivity contribution in [1.82, 2.24) is 0 Å². The van der Waals surface area contributed by atoms with Crippen LogP contribution in [0.15, 0.2) is 29.6 Å². The van der Waals surface area contributed by atoms with E-state index in [0.717, 1.165) is 5.56 Å². The largest absolute Gasteiger partial charge is 0.505 e. The lowest BCUT2D eigenvalue weighted by molar-refractivity contribution is 0.102. The van der Waals surface area contributed by atoms with E-state index in [0.29, 0.717) is 17.2 Å². The van der Waals surface area contributed by atoms with Gasteiger partial charge in [0.05, 0.1) is 11.3 Å². The number of phenolic OH excluding ortho intramolecular Hbond substituents is 1. The average molecular weight is 315 g/mol. The molecule has 1 aromatic carbocycles. The second-order valence-electron chi connectivity index (χ2n) is 6.00. The molecule has 3 nitrogen and oxygen atoms in total. The molecule has 0 saturated heterocycles. The zero-order valence-electron chi connectivity index (χ0n) is 12.8. The van der Waals surface area contributed by atoms with Gasteiger partial charge in [-0.15, -0.1) is 11.3 Å². The van der Waals surface area contributed by atoms with Gasteiger partial charge in [-0.05, 0) is 43.4 Å². The van der Waals surface area contributed by atoms with E-state index in [2.05, 4.69) is 5.32 Å². The molecule has 1 fully saturated rings. The van der Waals surface area contributed by atoms with E-state index in [9.17, 15) is 9.90 Å². The number of rotatable bonds is 3. The molecule has 22 heavy (non-hydrogen) atoms. The van der Waals surface area contributed by atoms with Crippen molar-refractivity contribution >= 4 is 22.9 Å². The second kappa shape index (κ2) is 6.53. The van der Waals surface area contributed by atoms with E-state index >= 15 is 0 Å².